The highest BCUT2D eigenvalue weighted by Crippen LogP contribution is 2.20. The number of benzene rings is 1. The number of ether oxygens (including phenoxy) is 1. The van der Waals surface area contributed by atoms with E-state index in [9.17, 15) is 4.79 Å². The predicted molar refractivity (Wildman–Crippen MR) is 74.0 cm³/mol. The van der Waals surface area contributed by atoms with Crippen molar-refractivity contribution in [2.75, 3.05) is 6.54 Å². The van der Waals surface area contributed by atoms with Gasteiger partial charge in [0.25, 0.3) is 0 Å². The molecular weight excluding hydrogens is 273 g/mol. The largest absolute Gasteiger partial charge is 0.459 e. The van der Waals surface area contributed by atoms with E-state index in [2.05, 4.69) is 5.32 Å². The molecule has 0 spiro atoms. The van der Waals surface area contributed by atoms with Gasteiger partial charge in [-0.1, -0.05) is 29.3 Å². The van der Waals surface area contributed by atoms with E-state index >= 15 is 0 Å². The lowest BCUT2D eigenvalue weighted by Gasteiger charge is -2.19. The van der Waals surface area contributed by atoms with Crippen molar-refractivity contribution in [3.8, 4) is 0 Å². The molecule has 0 aliphatic rings. The molecule has 3 nitrogen and oxygen atoms in total. The van der Waals surface area contributed by atoms with Gasteiger partial charge < -0.3 is 10.1 Å². The molecule has 0 amide bonds. The average Bonchev–Trinajstić information content (AvgIpc) is 2.18. The smallest absolute Gasteiger partial charge is 0.320 e. The summed E-state index contributed by atoms with van der Waals surface area (Å²) in [5, 5.41) is 4.16. The summed E-state index contributed by atoms with van der Waals surface area (Å²) in [6.07, 6.45) is 0. The first-order valence-corrected chi connectivity index (χ1v) is 6.40. The quantitative estimate of drug-likeness (QED) is 0.863. The summed E-state index contributed by atoms with van der Waals surface area (Å²) in [4.78, 5) is 11.4. The third-order valence-corrected chi connectivity index (χ3v) is 2.61. The molecule has 0 bridgehead atoms. The van der Waals surface area contributed by atoms with E-state index in [4.69, 9.17) is 27.9 Å². The van der Waals surface area contributed by atoms with Crippen LogP contribution in [-0.4, -0.2) is 18.1 Å². The number of esters is 1. The highest BCUT2D eigenvalue weighted by molar-refractivity contribution is 6.35. The summed E-state index contributed by atoms with van der Waals surface area (Å²) in [6, 6.07) is 5.26. The van der Waals surface area contributed by atoms with Crippen molar-refractivity contribution in [1.29, 1.82) is 0 Å². The van der Waals surface area contributed by atoms with Gasteiger partial charge in [0.15, 0.2) is 0 Å². The van der Waals surface area contributed by atoms with Crippen LogP contribution in [0.15, 0.2) is 18.2 Å². The monoisotopic (exact) mass is 289 g/mol. The van der Waals surface area contributed by atoms with Gasteiger partial charge in [0, 0.05) is 16.6 Å². The molecule has 0 aliphatic heterocycles. The van der Waals surface area contributed by atoms with Gasteiger partial charge in [-0.2, -0.15) is 0 Å². The van der Waals surface area contributed by atoms with Crippen molar-refractivity contribution >= 4 is 29.2 Å². The molecule has 0 aliphatic carbocycles. The van der Waals surface area contributed by atoms with E-state index in [0.717, 1.165) is 5.56 Å². The number of carbonyl (C=O) groups excluding carboxylic acids is 1. The zero-order valence-electron chi connectivity index (χ0n) is 10.7. The fraction of sp³-hybridized carbons (Fsp3) is 0.462. The summed E-state index contributed by atoms with van der Waals surface area (Å²) in [7, 11) is 0. The zero-order chi connectivity index (χ0) is 13.8. The molecule has 0 aromatic heterocycles. The fourth-order valence-electron chi connectivity index (χ4n) is 1.34. The Balaban J connectivity index is 2.40. The minimum absolute atomic E-state index is 0.149. The molecule has 0 atom stereocenters. The molecule has 0 saturated carbocycles. The predicted octanol–water partition coefficient (Wildman–Crippen LogP) is 3.42. The van der Waals surface area contributed by atoms with E-state index < -0.39 is 5.60 Å². The first-order valence-electron chi connectivity index (χ1n) is 5.64. The van der Waals surface area contributed by atoms with Crippen LogP contribution in [0.1, 0.15) is 26.3 Å². The highest BCUT2D eigenvalue weighted by Gasteiger charge is 2.15. The van der Waals surface area contributed by atoms with Gasteiger partial charge in [-0.15, -0.1) is 0 Å². The van der Waals surface area contributed by atoms with E-state index in [0.29, 0.717) is 16.6 Å². The number of hydrogen-bond donors (Lipinski definition) is 1. The molecule has 0 unspecified atom stereocenters. The Morgan fingerprint density at radius 1 is 1.33 bits per heavy atom. The minimum atomic E-state index is -0.462. The number of nitrogens with one attached hydrogen (secondary N) is 1. The standard InChI is InChI=1S/C13H17Cl2NO2/c1-13(2,3)18-12(17)8-16-7-9-4-5-10(14)6-11(9)15/h4-6,16H,7-8H2,1-3H3. The second kappa shape index (κ2) is 6.41. The summed E-state index contributed by atoms with van der Waals surface area (Å²) in [5.74, 6) is -0.285. The molecule has 0 radical (unpaired) electrons. The van der Waals surface area contributed by atoms with Crippen molar-refractivity contribution in [2.24, 2.45) is 0 Å². The fourth-order valence-corrected chi connectivity index (χ4v) is 1.82. The van der Waals surface area contributed by atoms with Crippen LogP contribution in [0.3, 0.4) is 0 Å². The molecule has 1 rings (SSSR count). The van der Waals surface area contributed by atoms with Crippen LogP contribution >= 0.6 is 23.2 Å². The van der Waals surface area contributed by atoms with Crippen LogP contribution in [0.5, 0.6) is 0 Å². The Kier molecular flexibility index (Phi) is 5.45. The van der Waals surface area contributed by atoms with Gasteiger partial charge in [-0.25, -0.2) is 0 Å². The van der Waals surface area contributed by atoms with Crippen LogP contribution in [-0.2, 0) is 16.1 Å². The van der Waals surface area contributed by atoms with Crippen molar-refractivity contribution in [3.63, 3.8) is 0 Å². The second-order valence-corrected chi connectivity index (χ2v) is 5.77. The molecule has 0 fully saturated rings. The number of hydrogen-bond acceptors (Lipinski definition) is 3. The third kappa shape index (κ3) is 5.71. The maximum absolute atomic E-state index is 11.4. The first kappa shape index (κ1) is 15.3. The number of halogens is 2. The van der Waals surface area contributed by atoms with Crippen molar-refractivity contribution < 1.29 is 9.53 Å². The summed E-state index contributed by atoms with van der Waals surface area (Å²) >= 11 is 11.8. The second-order valence-electron chi connectivity index (χ2n) is 4.93. The minimum Gasteiger partial charge on any atom is -0.459 e. The van der Waals surface area contributed by atoms with E-state index in [1.807, 2.05) is 26.8 Å². The first-order chi connectivity index (χ1) is 8.28. The maximum Gasteiger partial charge on any atom is 0.320 e. The van der Waals surface area contributed by atoms with Crippen LogP contribution in [0.4, 0.5) is 0 Å². The Hall–Kier alpha value is -0.770. The van der Waals surface area contributed by atoms with Crippen LogP contribution in [0.2, 0.25) is 10.0 Å². The Labute approximate surface area is 117 Å². The topological polar surface area (TPSA) is 38.3 Å². The average molecular weight is 290 g/mol. The highest BCUT2D eigenvalue weighted by atomic mass is 35.5. The van der Waals surface area contributed by atoms with Gasteiger partial charge in [-0.05, 0) is 38.5 Å². The molecule has 1 aromatic carbocycles. The number of rotatable bonds is 4. The van der Waals surface area contributed by atoms with Crippen LogP contribution in [0.25, 0.3) is 0 Å². The van der Waals surface area contributed by atoms with Crippen molar-refractivity contribution in [1.82, 2.24) is 5.32 Å². The Morgan fingerprint density at radius 2 is 2.00 bits per heavy atom. The lowest BCUT2D eigenvalue weighted by atomic mass is 10.2. The van der Waals surface area contributed by atoms with E-state index in [1.165, 1.54) is 0 Å². The molecule has 18 heavy (non-hydrogen) atoms. The van der Waals surface area contributed by atoms with E-state index in [1.54, 1.807) is 12.1 Å². The Bertz CT molecular complexity index is 427. The normalized spacial score (nSPS) is 11.4. The molecule has 5 heteroatoms. The van der Waals surface area contributed by atoms with Gasteiger partial charge in [0.2, 0.25) is 0 Å². The third-order valence-electron chi connectivity index (χ3n) is 2.02. The van der Waals surface area contributed by atoms with E-state index in [-0.39, 0.29) is 12.5 Å². The molecule has 1 N–H and O–H groups in total. The summed E-state index contributed by atoms with van der Waals surface area (Å²) in [6.45, 7) is 6.15. The van der Waals surface area contributed by atoms with Gasteiger partial charge >= 0.3 is 5.97 Å². The molecule has 1 aromatic rings. The Morgan fingerprint density at radius 3 is 2.56 bits per heavy atom. The zero-order valence-corrected chi connectivity index (χ0v) is 12.2. The number of carbonyl (C=O) groups is 1. The molecule has 100 valence electrons. The SMILES string of the molecule is CC(C)(C)OC(=O)CNCc1ccc(Cl)cc1Cl. The summed E-state index contributed by atoms with van der Waals surface area (Å²) in [5.41, 5.74) is 0.432. The molecule has 0 saturated heterocycles. The van der Waals surface area contributed by atoms with Gasteiger partial charge in [-0.3, -0.25) is 4.79 Å². The lowest BCUT2D eigenvalue weighted by molar-refractivity contribution is -0.153. The van der Waals surface area contributed by atoms with Crippen LogP contribution < -0.4 is 5.32 Å². The van der Waals surface area contributed by atoms with Crippen molar-refractivity contribution in [2.45, 2.75) is 32.9 Å². The van der Waals surface area contributed by atoms with Gasteiger partial charge in [0.05, 0.1) is 6.54 Å². The van der Waals surface area contributed by atoms with Gasteiger partial charge in [0.1, 0.15) is 5.60 Å². The summed E-state index contributed by atoms with van der Waals surface area (Å²) < 4.78 is 5.17. The molecular formula is C13H17Cl2NO2. The van der Waals surface area contributed by atoms with Crippen molar-refractivity contribution in [3.05, 3.63) is 33.8 Å². The lowest BCUT2D eigenvalue weighted by Crippen LogP contribution is -2.31. The molecule has 0 heterocycles. The van der Waals surface area contributed by atoms with Crippen LogP contribution in [0, 0.1) is 0 Å². The maximum atomic E-state index is 11.4.